The van der Waals surface area contributed by atoms with Gasteiger partial charge in [-0.1, -0.05) is 18.2 Å². The minimum atomic E-state index is -0.849. The highest BCUT2D eigenvalue weighted by Gasteiger charge is 2.27. The molecule has 0 unspecified atom stereocenters. The van der Waals surface area contributed by atoms with Crippen molar-refractivity contribution >= 4 is 11.6 Å². The quantitative estimate of drug-likeness (QED) is 0.781. The van der Waals surface area contributed by atoms with Crippen molar-refractivity contribution in [3.05, 3.63) is 60.2 Å². The van der Waals surface area contributed by atoms with E-state index in [1.54, 1.807) is 36.4 Å². The zero-order chi connectivity index (χ0) is 15.1. The maximum Gasteiger partial charge on any atom is 0.277 e. The van der Waals surface area contributed by atoms with Gasteiger partial charge in [-0.3, -0.25) is 4.79 Å². The number of benzene rings is 1. The molecule has 1 aliphatic carbocycles. The van der Waals surface area contributed by atoms with E-state index in [1.807, 2.05) is 32.0 Å². The van der Waals surface area contributed by atoms with Crippen LogP contribution >= 0.6 is 0 Å². The van der Waals surface area contributed by atoms with Gasteiger partial charge < -0.3 is 9.47 Å². The molecule has 0 saturated carbocycles. The van der Waals surface area contributed by atoms with Crippen LogP contribution in [-0.2, 0) is 9.47 Å². The Bertz CT molecular complexity index is 549. The number of ether oxygens (including phenoxy) is 2. The van der Waals surface area contributed by atoms with Crippen LogP contribution < -0.4 is 0 Å². The fourth-order valence-corrected chi connectivity index (χ4v) is 2.04. The Balaban J connectivity index is 2.13. The van der Waals surface area contributed by atoms with Gasteiger partial charge in [0, 0.05) is 18.8 Å². The molecule has 1 aromatic rings. The van der Waals surface area contributed by atoms with Crippen LogP contribution in [0.3, 0.4) is 0 Å². The summed E-state index contributed by atoms with van der Waals surface area (Å²) in [6, 6.07) is 8.98. The van der Waals surface area contributed by atoms with Gasteiger partial charge in [-0.2, -0.15) is 0 Å². The Morgan fingerprint density at radius 3 is 2.14 bits per heavy atom. The first kappa shape index (κ1) is 15.4. The van der Waals surface area contributed by atoms with Crippen molar-refractivity contribution in [2.45, 2.75) is 19.6 Å². The average Bonchev–Trinajstić information content (AvgIpc) is 2.51. The zero-order valence-electron chi connectivity index (χ0n) is 12.3. The molecule has 0 spiro atoms. The number of amides is 1. The standard InChI is InChI=1S/C17H19NO3/c1-3-20-17(21-4-2)12-10-15(11-13-17)18-16(19)14-8-6-5-7-9-14/h5-13H,3-4H2,1-2H3. The molecule has 21 heavy (non-hydrogen) atoms. The number of rotatable bonds is 5. The lowest BCUT2D eigenvalue weighted by Crippen LogP contribution is -2.33. The normalized spacial score (nSPS) is 16.0. The van der Waals surface area contributed by atoms with Gasteiger partial charge in [0.25, 0.3) is 5.91 Å². The first-order valence-corrected chi connectivity index (χ1v) is 7.03. The van der Waals surface area contributed by atoms with Crippen LogP contribution in [0.2, 0.25) is 0 Å². The number of hydrogen-bond donors (Lipinski definition) is 0. The molecule has 0 saturated heterocycles. The summed E-state index contributed by atoms with van der Waals surface area (Å²) in [6.07, 6.45) is 7.03. The summed E-state index contributed by atoms with van der Waals surface area (Å²) in [6.45, 7) is 4.88. The topological polar surface area (TPSA) is 47.9 Å². The van der Waals surface area contributed by atoms with E-state index < -0.39 is 5.79 Å². The van der Waals surface area contributed by atoms with Gasteiger partial charge >= 0.3 is 0 Å². The van der Waals surface area contributed by atoms with Gasteiger partial charge in [-0.25, -0.2) is 4.99 Å². The summed E-state index contributed by atoms with van der Waals surface area (Å²) in [5.74, 6) is -1.11. The Kier molecular flexibility index (Phi) is 5.20. The summed E-state index contributed by atoms with van der Waals surface area (Å²) in [7, 11) is 0. The lowest BCUT2D eigenvalue weighted by Gasteiger charge is -2.28. The summed E-state index contributed by atoms with van der Waals surface area (Å²) >= 11 is 0. The fraction of sp³-hybridized carbons (Fsp3) is 0.294. The predicted octanol–water partition coefficient (Wildman–Crippen LogP) is 3.16. The number of hydrogen-bond acceptors (Lipinski definition) is 3. The summed E-state index contributed by atoms with van der Waals surface area (Å²) in [5.41, 5.74) is 1.15. The van der Waals surface area contributed by atoms with E-state index in [0.717, 1.165) is 0 Å². The molecule has 4 nitrogen and oxygen atoms in total. The van der Waals surface area contributed by atoms with Crippen LogP contribution in [0.1, 0.15) is 24.2 Å². The van der Waals surface area contributed by atoms with Crippen molar-refractivity contribution in [2.24, 2.45) is 4.99 Å². The van der Waals surface area contributed by atoms with Gasteiger partial charge in [0.15, 0.2) is 0 Å². The molecule has 0 N–H and O–H groups in total. The van der Waals surface area contributed by atoms with Crippen LogP contribution in [-0.4, -0.2) is 30.6 Å². The molecule has 0 aliphatic heterocycles. The molecule has 0 radical (unpaired) electrons. The minimum Gasteiger partial charge on any atom is -0.343 e. The van der Waals surface area contributed by atoms with Crippen molar-refractivity contribution in [3.8, 4) is 0 Å². The molecular formula is C17H19NO3. The van der Waals surface area contributed by atoms with E-state index in [4.69, 9.17) is 9.47 Å². The number of aliphatic imine (C=N–C) groups is 1. The van der Waals surface area contributed by atoms with Gasteiger partial charge in [0.05, 0.1) is 5.71 Å². The van der Waals surface area contributed by atoms with E-state index in [2.05, 4.69) is 4.99 Å². The molecule has 1 aliphatic rings. The van der Waals surface area contributed by atoms with Crippen molar-refractivity contribution in [3.63, 3.8) is 0 Å². The highest BCUT2D eigenvalue weighted by Crippen LogP contribution is 2.21. The van der Waals surface area contributed by atoms with Crippen LogP contribution in [0.4, 0.5) is 0 Å². The Hall–Kier alpha value is -2.04. The number of carbonyl (C=O) groups excluding carboxylic acids is 1. The Morgan fingerprint density at radius 1 is 1.05 bits per heavy atom. The highest BCUT2D eigenvalue weighted by molar-refractivity contribution is 6.13. The lowest BCUT2D eigenvalue weighted by molar-refractivity contribution is -0.165. The molecule has 0 fully saturated rings. The zero-order valence-corrected chi connectivity index (χ0v) is 12.3. The molecule has 0 bridgehead atoms. The van der Waals surface area contributed by atoms with Crippen molar-refractivity contribution in [2.75, 3.05) is 13.2 Å². The van der Waals surface area contributed by atoms with Crippen LogP contribution in [0.5, 0.6) is 0 Å². The van der Waals surface area contributed by atoms with Gasteiger partial charge in [-0.05, 0) is 50.3 Å². The van der Waals surface area contributed by atoms with Crippen molar-refractivity contribution in [1.29, 1.82) is 0 Å². The molecule has 4 heteroatoms. The number of nitrogens with zero attached hydrogens (tertiary/aromatic N) is 1. The first-order chi connectivity index (χ1) is 10.2. The Morgan fingerprint density at radius 2 is 1.62 bits per heavy atom. The number of allylic oxidation sites excluding steroid dienone is 2. The van der Waals surface area contributed by atoms with Crippen LogP contribution in [0.15, 0.2) is 59.6 Å². The molecule has 2 rings (SSSR count). The minimum absolute atomic E-state index is 0.264. The van der Waals surface area contributed by atoms with Gasteiger partial charge in [-0.15, -0.1) is 0 Å². The maximum absolute atomic E-state index is 12.0. The summed E-state index contributed by atoms with van der Waals surface area (Å²) in [4.78, 5) is 16.1. The van der Waals surface area contributed by atoms with E-state index in [0.29, 0.717) is 24.5 Å². The average molecular weight is 285 g/mol. The Labute approximate surface area is 124 Å². The molecule has 0 atom stereocenters. The predicted molar refractivity (Wildman–Crippen MR) is 82.5 cm³/mol. The summed E-state index contributed by atoms with van der Waals surface area (Å²) in [5, 5.41) is 0. The molecular weight excluding hydrogens is 266 g/mol. The lowest BCUT2D eigenvalue weighted by atomic mass is 10.1. The smallest absolute Gasteiger partial charge is 0.277 e. The molecule has 0 aromatic heterocycles. The third-order valence-corrected chi connectivity index (χ3v) is 2.96. The third kappa shape index (κ3) is 3.97. The second kappa shape index (κ2) is 7.11. The molecule has 1 amide bonds. The maximum atomic E-state index is 12.0. The van der Waals surface area contributed by atoms with Crippen molar-refractivity contribution in [1.82, 2.24) is 0 Å². The SMILES string of the molecule is CCOC1(OCC)C=CC(=NC(=O)c2ccccc2)C=C1. The largest absolute Gasteiger partial charge is 0.343 e. The van der Waals surface area contributed by atoms with Gasteiger partial charge in [0.1, 0.15) is 0 Å². The van der Waals surface area contributed by atoms with Crippen LogP contribution in [0, 0.1) is 0 Å². The fourth-order valence-electron chi connectivity index (χ4n) is 2.04. The second-order valence-electron chi connectivity index (χ2n) is 4.46. The second-order valence-corrected chi connectivity index (χ2v) is 4.46. The van der Waals surface area contributed by atoms with Crippen molar-refractivity contribution < 1.29 is 14.3 Å². The number of carbonyl (C=O) groups is 1. The summed E-state index contributed by atoms with van der Waals surface area (Å²) < 4.78 is 11.2. The highest BCUT2D eigenvalue weighted by atomic mass is 16.7. The molecule has 110 valence electrons. The third-order valence-electron chi connectivity index (χ3n) is 2.96. The van der Waals surface area contributed by atoms with E-state index in [-0.39, 0.29) is 5.91 Å². The molecule has 1 aromatic carbocycles. The van der Waals surface area contributed by atoms with E-state index in [1.165, 1.54) is 0 Å². The first-order valence-electron chi connectivity index (χ1n) is 7.03. The van der Waals surface area contributed by atoms with Gasteiger partial charge in [0.2, 0.25) is 5.79 Å². The monoisotopic (exact) mass is 285 g/mol. The van der Waals surface area contributed by atoms with E-state index >= 15 is 0 Å². The van der Waals surface area contributed by atoms with Crippen LogP contribution in [0.25, 0.3) is 0 Å². The van der Waals surface area contributed by atoms with E-state index in [9.17, 15) is 4.79 Å². The molecule has 0 heterocycles.